The van der Waals surface area contributed by atoms with E-state index in [1.807, 2.05) is 32.3 Å². The largest absolute Gasteiger partial charge is 0.497 e. The van der Waals surface area contributed by atoms with Crippen LogP contribution in [0.2, 0.25) is 0 Å². The minimum absolute atomic E-state index is 0.857. The van der Waals surface area contributed by atoms with E-state index in [1.165, 1.54) is 5.69 Å². The molecule has 2 rings (SSSR count). The van der Waals surface area contributed by atoms with Gasteiger partial charge in [-0.25, -0.2) is 0 Å². The molecular formula is C15H16NO. The van der Waals surface area contributed by atoms with Gasteiger partial charge in [-0.05, 0) is 41.5 Å². The van der Waals surface area contributed by atoms with E-state index in [2.05, 4.69) is 35.2 Å². The van der Waals surface area contributed by atoms with Crippen LogP contribution in [-0.4, -0.2) is 21.2 Å². The molecule has 2 aromatic rings. The van der Waals surface area contributed by atoms with Crippen molar-refractivity contribution >= 4 is 5.69 Å². The average molecular weight is 226 g/mol. The summed E-state index contributed by atoms with van der Waals surface area (Å²) in [5.41, 5.74) is 3.39. The number of benzene rings is 2. The highest BCUT2D eigenvalue weighted by Crippen LogP contribution is 2.25. The normalized spacial score (nSPS) is 10.1. The van der Waals surface area contributed by atoms with E-state index < -0.39 is 0 Å². The Labute approximate surface area is 102 Å². The van der Waals surface area contributed by atoms with Gasteiger partial charge >= 0.3 is 0 Å². The second kappa shape index (κ2) is 4.91. The van der Waals surface area contributed by atoms with Gasteiger partial charge in [0.1, 0.15) is 5.75 Å². The fraction of sp³-hybridized carbons (Fsp3) is 0.200. The molecule has 17 heavy (non-hydrogen) atoms. The summed E-state index contributed by atoms with van der Waals surface area (Å²) in [4.78, 5) is 2.08. The zero-order valence-electron chi connectivity index (χ0n) is 10.4. The van der Waals surface area contributed by atoms with Crippen molar-refractivity contribution in [3.05, 3.63) is 48.5 Å². The summed E-state index contributed by atoms with van der Waals surface area (Å²) in [7, 11) is 5.74. The lowest BCUT2D eigenvalue weighted by atomic mass is 10.1. The first-order chi connectivity index (χ1) is 8.20. The van der Waals surface area contributed by atoms with Gasteiger partial charge in [0, 0.05) is 19.8 Å². The first-order valence-electron chi connectivity index (χ1n) is 5.54. The Morgan fingerprint density at radius 3 is 2.35 bits per heavy atom. The van der Waals surface area contributed by atoms with Crippen LogP contribution >= 0.6 is 0 Å². The zero-order valence-corrected chi connectivity index (χ0v) is 10.4. The van der Waals surface area contributed by atoms with Crippen LogP contribution in [-0.2, 0) is 0 Å². The summed E-state index contributed by atoms with van der Waals surface area (Å²) < 4.78 is 5.21. The van der Waals surface area contributed by atoms with Gasteiger partial charge in [0.2, 0.25) is 0 Å². The van der Waals surface area contributed by atoms with E-state index in [0.717, 1.165) is 16.9 Å². The number of ether oxygens (including phenoxy) is 1. The van der Waals surface area contributed by atoms with E-state index in [0.29, 0.717) is 0 Å². The first-order valence-corrected chi connectivity index (χ1v) is 5.54. The smallest absolute Gasteiger partial charge is 0.119 e. The maximum atomic E-state index is 5.21. The van der Waals surface area contributed by atoms with Crippen molar-refractivity contribution in [1.82, 2.24) is 0 Å². The highest BCUT2D eigenvalue weighted by atomic mass is 16.5. The maximum Gasteiger partial charge on any atom is 0.119 e. The summed E-state index contributed by atoms with van der Waals surface area (Å²) in [6.45, 7) is 0. The minimum atomic E-state index is 0.857. The lowest BCUT2D eigenvalue weighted by Crippen LogP contribution is -2.07. The molecule has 0 aliphatic heterocycles. The van der Waals surface area contributed by atoms with Gasteiger partial charge in [-0.2, -0.15) is 0 Å². The Hall–Kier alpha value is -1.96. The van der Waals surface area contributed by atoms with E-state index >= 15 is 0 Å². The maximum absolute atomic E-state index is 5.21. The Bertz CT molecular complexity index is 489. The van der Waals surface area contributed by atoms with Gasteiger partial charge in [0.05, 0.1) is 7.11 Å². The highest BCUT2D eigenvalue weighted by molar-refractivity contribution is 5.67. The number of rotatable bonds is 3. The van der Waals surface area contributed by atoms with Crippen LogP contribution in [0, 0.1) is 6.07 Å². The fourth-order valence-corrected chi connectivity index (χ4v) is 1.68. The molecule has 0 fully saturated rings. The van der Waals surface area contributed by atoms with Crippen molar-refractivity contribution in [1.29, 1.82) is 0 Å². The number of hydrogen-bond donors (Lipinski definition) is 0. The predicted molar refractivity (Wildman–Crippen MR) is 71.6 cm³/mol. The number of methoxy groups -OCH3 is 1. The SMILES string of the molecule is COc1cc[c]c(-c2ccc(N(C)C)cc2)c1. The monoisotopic (exact) mass is 226 g/mol. The van der Waals surface area contributed by atoms with Crippen molar-refractivity contribution in [3.8, 4) is 16.9 Å². The van der Waals surface area contributed by atoms with Crippen molar-refractivity contribution < 1.29 is 4.74 Å². The molecule has 2 nitrogen and oxygen atoms in total. The summed E-state index contributed by atoms with van der Waals surface area (Å²) in [5.74, 6) is 0.857. The Balaban J connectivity index is 2.32. The van der Waals surface area contributed by atoms with E-state index in [1.54, 1.807) is 7.11 Å². The molecule has 0 aromatic heterocycles. The van der Waals surface area contributed by atoms with Gasteiger partial charge in [-0.3, -0.25) is 0 Å². The minimum Gasteiger partial charge on any atom is -0.497 e. The van der Waals surface area contributed by atoms with Crippen molar-refractivity contribution in [2.75, 3.05) is 26.1 Å². The molecule has 0 unspecified atom stereocenters. The topological polar surface area (TPSA) is 12.5 Å². The third-order valence-corrected chi connectivity index (χ3v) is 2.70. The van der Waals surface area contributed by atoms with Crippen LogP contribution in [0.3, 0.4) is 0 Å². The lowest BCUT2D eigenvalue weighted by molar-refractivity contribution is 0.415. The summed E-state index contributed by atoms with van der Waals surface area (Å²) in [6, 6.07) is 17.4. The van der Waals surface area contributed by atoms with Gasteiger partial charge in [-0.1, -0.05) is 18.2 Å². The summed E-state index contributed by atoms with van der Waals surface area (Å²) in [6.07, 6.45) is 0. The first kappa shape index (κ1) is 11.5. The molecule has 0 spiro atoms. The van der Waals surface area contributed by atoms with E-state index in [-0.39, 0.29) is 0 Å². The average Bonchev–Trinajstić information content (AvgIpc) is 2.39. The molecule has 87 valence electrons. The predicted octanol–water partition coefficient (Wildman–Crippen LogP) is 3.23. The van der Waals surface area contributed by atoms with Crippen LogP contribution < -0.4 is 9.64 Å². The van der Waals surface area contributed by atoms with Crippen LogP contribution in [0.4, 0.5) is 5.69 Å². The molecule has 0 saturated heterocycles. The van der Waals surface area contributed by atoms with Crippen LogP contribution in [0.15, 0.2) is 42.5 Å². The standard InChI is InChI=1S/C15H16NO/c1-16(2)14-9-7-12(8-10-14)13-5-4-6-15(11-13)17-3/h4,6-11H,1-3H3. The quantitative estimate of drug-likeness (QED) is 0.796. The third kappa shape index (κ3) is 2.59. The van der Waals surface area contributed by atoms with Crippen LogP contribution in [0.1, 0.15) is 0 Å². The Morgan fingerprint density at radius 2 is 1.76 bits per heavy atom. The highest BCUT2D eigenvalue weighted by Gasteiger charge is 2.01. The second-order valence-corrected chi connectivity index (χ2v) is 4.08. The lowest BCUT2D eigenvalue weighted by Gasteiger charge is -2.12. The Kier molecular flexibility index (Phi) is 3.33. The molecule has 0 aliphatic carbocycles. The molecule has 0 atom stereocenters. The second-order valence-electron chi connectivity index (χ2n) is 4.08. The molecule has 0 saturated carbocycles. The molecule has 0 amide bonds. The third-order valence-electron chi connectivity index (χ3n) is 2.70. The molecule has 0 aliphatic rings. The molecule has 0 bridgehead atoms. The molecule has 2 aromatic carbocycles. The molecule has 0 heterocycles. The van der Waals surface area contributed by atoms with Crippen LogP contribution in [0.5, 0.6) is 5.75 Å². The van der Waals surface area contributed by atoms with Crippen LogP contribution in [0.25, 0.3) is 11.1 Å². The van der Waals surface area contributed by atoms with Gasteiger partial charge in [0.15, 0.2) is 0 Å². The van der Waals surface area contributed by atoms with Crippen molar-refractivity contribution in [3.63, 3.8) is 0 Å². The van der Waals surface area contributed by atoms with Gasteiger partial charge in [-0.15, -0.1) is 0 Å². The summed E-state index contributed by atoms with van der Waals surface area (Å²) >= 11 is 0. The number of hydrogen-bond acceptors (Lipinski definition) is 2. The molecule has 1 radical (unpaired) electrons. The number of nitrogens with zero attached hydrogens (tertiary/aromatic N) is 1. The van der Waals surface area contributed by atoms with E-state index in [9.17, 15) is 0 Å². The van der Waals surface area contributed by atoms with E-state index in [4.69, 9.17) is 4.74 Å². The van der Waals surface area contributed by atoms with Crippen molar-refractivity contribution in [2.24, 2.45) is 0 Å². The summed E-state index contributed by atoms with van der Waals surface area (Å²) in [5, 5.41) is 0. The molecular weight excluding hydrogens is 210 g/mol. The molecule has 0 N–H and O–H groups in total. The van der Waals surface area contributed by atoms with Gasteiger partial charge < -0.3 is 9.64 Å². The molecule has 2 heteroatoms. The zero-order chi connectivity index (χ0) is 12.3. The van der Waals surface area contributed by atoms with Crippen molar-refractivity contribution in [2.45, 2.75) is 0 Å². The van der Waals surface area contributed by atoms with Gasteiger partial charge in [0.25, 0.3) is 0 Å². The number of anilines is 1. The fourth-order valence-electron chi connectivity index (χ4n) is 1.68. The Morgan fingerprint density at radius 1 is 1.06 bits per heavy atom.